The number of aryl methyl sites for hydroxylation is 1. The number of carbonyl (C=O) groups is 3. The first-order valence-electron chi connectivity index (χ1n) is 11.0. The summed E-state index contributed by atoms with van der Waals surface area (Å²) in [5.41, 5.74) is 1.09. The molecule has 2 amide bonds. The molecule has 1 aliphatic heterocycles. The topological polar surface area (TPSA) is 116 Å². The van der Waals surface area contributed by atoms with Gasteiger partial charge in [-0.1, -0.05) is 43.7 Å². The van der Waals surface area contributed by atoms with Crippen molar-refractivity contribution in [1.29, 1.82) is 0 Å². The lowest BCUT2D eigenvalue weighted by atomic mass is 10.2. The zero-order chi connectivity index (χ0) is 24.5. The van der Waals surface area contributed by atoms with E-state index in [0.717, 1.165) is 24.3 Å². The van der Waals surface area contributed by atoms with E-state index in [-0.39, 0.29) is 12.5 Å². The second-order valence-corrected chi connectivity index (χ2v) is 7.44. The standard InChI is InChI=1S/C10H14O.C8H12N2O4.C7H8O/c1-2-3-9-11-10-7-5-4-6-8-10;11-5-9-4-7(12)10-3-1-2-6(10)8(13)14;1-6-3-2-4-7(8)5-6/h4-8H,2-3,9H2,1H3;5-6H,1-4H2,(H,9,11)(H,13,14);2-5,8H,1H3. The van der Waals surface area contributed by atoms with E-state index >= 15 is 0 Å². The number of hydrogen-bond acceptors (Lipinski definition) is 5. The van der Waals surface area contributed by atoms with Crippen LogP contribution in [-0.4, -0.2) is 59.1 Å². The van der Waals surface area contributed by atoms with E-state index in [2.05, 4.69) is 12.2 Å². The van der Waals surface area contributed by atoms with Gasteiger partial charge < -0.3 is 25.2 Å². The van der Waals surface area contributed by atoms with Crippen molar-refractivity contribution in [2.75, 3.05) is 19.7 Å². The Morgan fingerprint density at radius 2 is 1.91 bits per heavy atom. The number of carboxylic acids is 1. The minimum atomic E-state index is -0.984. The van der Waals surface area contributed by atoms with Gasteiger partial charge in [0.05, 0.1) is 13.2 Å². The Hall–Kier alpha value is -3.55. The predicted octanol–water partition coefficient (Wildman–Crippen LogP) is 3.37. The molecule has 3 N–H and O–H groups in total. The zero-order valence-electron chi connectivity index (χ0n) is 19.3. The van der Waals surface area contributed by atoms with Crippen LogP contribution in [0.4, 0.5) is 0 Å². The third kappa shape index (κ3) is 11.6. The second-order valence-electron chi connectivity index (χ2n) is 7.44. The summed E-state index contributed by atoms with van der Waals surface area (Å²) in [6.45, 7) is 5.26. The molecule has 1 saturated heterocycles. The van der Waals surface area contributed by atoms with E-state index in [1.807, 2.05) is 49.4 Å². The first-order chi connectivity index (χ1) is 15.9. The fourth-order valence-corrected chi connectivity index (χ4v) is 3.03. The SMILES string of the molecule is CCCCOc1ccccc1.Cc1cccc(O)c1.O=CNCC(=O)N1CCCC1C(=O)O. The van der Waals surface area contributed by atoms with Gasteiger partial charge in [0, 0.05) is 6.54 Å². The molecule has 8 heteroatoms. The molecular weight excluding hydrogens is 424 g/mol. The van der Waals surface area contributed by atoms with Gasteiger partial charge in [-0.2, -0.15) is 0 Å². The van der Waals surface area contributed by atoms with Crippen LogP contribution in [0.5, 0.6) is 11.5 Å². The van der Waals surface area contributed by atoms with Crippen LogP contribution in [0.1, 0.15) is 38.2 Å². The lowest BCUT2D eigenvalue weighted by Crippen LogP contribution is -2.44. The minimum absolute atomic E-state index is 0.132. The van der Waals surface area contributed by atoms with Gasteiger partial charge in [-0.3, -0.25) is 9.59 Å². The van der Waals surface area contributed by atoms with Gasteiger partial charge in [-0.05, 0) is 56.0 Å². The van der Waals surface area contributed by atoms with E-state index in [0.29, 0.717) is 31.5 Å². The maximum Gasteiger partial charge on any atom is 0.326 e. The number of aromatic hydroxyl groups is 1. The van der Waals surface area contributed by atoms with Gasteiger partial charge >= 0.3 is 5.97 Å². The van der Waals surface area contributed by atoms with Crippen LogP contribution >= 0.6 is 0 Å². The van der Waals surface area contributed by atoms with E-state index in [1.54, 1.807) is 12.1 Å². The molecule has 0 aromatic heterocycles. The molecule has 8 nitrogen and oxygen atoms in total. The number of rotatable bonds is 8. The van der Waals surface area contributed by atoms with E-state index in [9.17, 15) is 14.4 Å². The average Bonchev–Trinajstić information content (AvgIpc) is 3.30. The molecule has 1 fully saturated rings. The van der Waals surface area contributed by atoms with Crippen molar-refractivity contribution in [3.8, 4) is 11.5 Å². The first kappa shape index (κ1) is 27.5. The summed E-state index contributed by atoms with van der Waals surface area (Å²) in [6.07, 6.45) is 3.93. The van der Waals surface area contributed by atoms with Crippen molar-refractivity contribution in [1.82, 2.24) is 10.2 Å². The van der Waals surface area contributed by atoms with Gasteiger partial charge in [0.2, 0.25) is 12.3 Å². The van der Waals surface area contributed by atoms with Gasteiger partial charge in [0.15, 0.2) is 0 Å². The Labute approximate surface area is 195 Å². The summed E-state index contributed by atoms with van der Waals surface area (Å²) < 4.78 is 5.45. The minimum Gasteiger partial charge on any atom is -0.508 e. The van der Waals surface area contributed by atoms with Crippen molar-refractivity contribution >= 4 is 18.3 Å². The van der Waals surface area contributed by atoms with Crippen molar-refractivity contribution in [2.45, 2.75) is 45.6 Å². The summed E-state index contributed by atoms with van der Waals surface area (Å²) in [7, 11) is 0. The van der Waals surface area contributed by atoms with E-state index < -0.39 is 12.0 Å². The van der Waals surface area contributed by atoms with E-state index in [4.69, 9.17) is 14.9 Å². The molecule has 0 aliphatic carbocycles. The third-order valence-electron chi connectivity index (χ3n) is 4.71. The third-order valence-corrected chi connectivity index (χ3v) is 4.71. The monoisotopic (exact) mass is 458 g/mol. The number of phenolic OH excluding ortho intramolecular Hbond substituents is 1. The molecule has 1 atom stereocenters. The largest absolute Gasteiger partial charge is 0.508 e. The highest BCUT2D eigenvalue weighted by Gasteiger charge is 2.33. The number of nitrogens with one attached hydrogen (secondary N) is 1. The van der Waals surface area contributed by atoms with Gasteiger partial charge in [0.25, 0.3) is 0 Å². The van der Waals surface area contributed by atoms with Crippen molar-refractivity contribution in [3.05, 3.63) is 60.2 Å². The quantitative estimate of drug-likeness (QED) is 0.413. The predicted molar refractivity (Wildman–Crippen MR) is 126 cm³/mol. The van der Waals surface area contributed by atoms with E-state index in [1.165, 1.54) is 11.3 Å². The number of hydrogen-bond donors (Lipinski definition) is 3. The summed E-state index contributed by atoms with van der Waals surface area (Å²) in [6, 6.07) is 16.4. The number of likely N-dealkylation sites (tertiary alicyclic amines) is 1. The number of para-hydroxylation sites is 1. The van der Waals surface area contributed by atoms with Gasteiger partial charge in [-0.15, -0.1) is 0 Å². The zero-order valence-corrected chi connectivity index (χ0v) is 19.3. The molecule has 1 aliphatic rings. The Balaban J connectivity index is 0.000000257. The van der Waals surface area contributed by atoms with Crippen LogP contribution in [0.3, 0.4) is 0 Å². The molecule has 1 unspecified atom stereocenters. The maximum atomic E-state index is 11.4. The number of phenols is 1. The molecule has 0 spiro atoms. The lowest BCUT2D eigenvalue weighted by Gasteiger charge is -2.20. The van der Waals surface area contributed by atoms with Crippen molar-refractivity contribution < 1.29 is 29.3 Å². The van der Waals surface area contributed by atoms with Gasteiger partial charge in [0.1, 0.15) is 17.5 Å². The second kappa shape index (κ2) is 16.1. The summed E-state index contributed by atoms with van der Waals surface area (Å²) in [5.74, 6) is -0.0186. The van der Waals surface area contributed by atoms with Crippen molar-refractivity contribution in [2.24, 2.45) is 0 Å². The number of aliphatic carboxylic acids is 1. The maximum absolute atomic E-state index is 11.4. The number of unbranched alkanes of at least 4 members (excludes halogenated alkanes) is 1. The molecule has 33 heavy (non-hydrogen) atoms. The number of nitrogens with zero attached hydrogens (tertiary/aromatic N) is 1. The summed E-state index contributed by atoms with van der Waals surface area (Å²) >= 11 is 0. The fourth-order valence-electron chi connectivity index (χ4n) is 3.03. The Kier molecular flexibility index (Phi) is 13.4. The molecule has 2 aromatic rings. The number of carbonyl (C=O) groups excluding carboxylic acids is 2. The van der Waals surface area contributed by atoms with Crippen LogP contribution in [0, 0.1) is 6.92 Å². The molecule has 0 bridgehead atoms. The molecule has 1 heterocycles. The summed E-state index contributed by atoms with van der Waals surface area (Å²) in [4.78, 5) is 33.3. The van der Waals surface area contributed by atoms with Crippen LogP contribution in [-0.2, 0) is 14.4 Å². The first-order valence-corrected chi connectivity index (χ1v) is 11.0. The van der Waals surface area contributed by atoms with Crippen LogP contribution in [0.25, 0.3) is 0 Å². The molecular formula is C25H34N2O6. The highest BCUT2D eigenvalue weighted by Crippen LogP contribution is 2.17. The average molecular weight is 459 g/mol. The Bertz CT molecular complexity index is 827. The summed E-state index contributed by atoms with van der Waals surface area (Å²) in [5, 5.41) is 19.8. The van der Waals surface area contributed by atoms with Crippen molar-refractivity contribution in [3.63, 3.8) is 0 Å². The normalized spacial score (nSPS) is 14.1. The van der Waals surface area contributed by atoms with Gasteiger partial charge in [-0.25, -0.2) is 4.79 Å². The lowest BCUT2D eigenvalue weighted by molar-refractivity contribution is -0.147. The van der Waals surface area contributed by atoms with Crippen LogP contribution in [0.15, 0.2) is 54.6 Å². The molecule has 0 radical (unpaired) electrons. The Morgan fingerprint density at radius 1 is 1.18 bits per heavy atom. The molecule has 0 saturated carbocycles. The fraction of sp³-hybridized carbons (Fsp3) is 0.400. The Morgan fingerprint density at radius 3 is 2.45 bits per heavy atom. The molecule has 2 aromatic carbocycles. The van der Waals surface area contributed by atoms with Crippen LogP contribution < -0.4 is 10.1 Å². The number of amides is 2. The smallest absolute Gasteiger partial charge is 0.326 e. The highest BCUT2D eigenvalue weighted by atomic mass is 16.5. The number of carboxylic acid groups (broad SMARTS) is 1. The van der Waals surface area contributed by atoms with Crippen LogP contribution in [0.2, 0.25) is 0 Å². The molecule has 180 valence electrons. The molecule has 3 rings (SSSR count). The number of benzene rings is 2. The highest BCUT2D eigenvalue weighted by molar-refractivity contribution is 5.86. The number of ether oxygens (including phenoxy) is 1.